The Morgan fingerprint density at radius 3 is 2.56 bits per heavy atom. The molecular weight excluding hydrogens is 465 g/mol. The lowest BCUT2D eigenvalue weighted by atomic mass is 10.0. The van der Waals surface area contributed by atoms with E-state index in [0.717, 1.165) is 39.3 Å². The normalized spacial score (nSPS) is 11.0. The molecule has 168 valence electrons. The molecule has 5 rings (SSSR count). The smallest absolute Gasteiger partial charge is 0.252 e. The molecule has 0 saturated heterocycles. The molecule has 5 aromatic rings. The molecule has 0 fully saturated rings. The van der Waals surface area contributed by atoms with Gasteiger partial charge in [0.15, 0.2) is 5.65 Å². The summed E-state index contributed by atoms with van der Waals surface area (Å²) in [6.07, 6.45) is 1.81. The first-order valence-electron chi connectivity index (χ1n) is 10.8. The summed E-state index contributed by atoms with van der Waals surface area (Å²) in [4.78, 5) is 16.9. The zero-order chi connectivity index (χ0) is 23.5. The average Bonchev–Trinajstić information content (AvgIpc) is 3.53. The summed E-state index contributed by atoms with van der Waals surface area (Å²) in [5, 5.41) is 15.3. The van der Waals surface area contributed by atoms with Crippen molar-refractivity contribution in [2.24, 2.45) is 0 Å². The SMILES string of the molecule is Bc1cnn2c(NCc3ccc(CNC(=O)c4ccsc4)cc3)cc(-c3ccccc3Cl)nc12. The van der Waals surface area contributed by atoms with Gasteiger partial charge in [-0.25, -0.2) is 4.98 Å². The van der Waals surface area contributed by atoms with E-state index in [1.165, 1.54) is 11.3 Å². The number of hydrogen-bond donors (Lipinski definition) is 2. The Kier molecular flexibility index (Phi) is 6.34. The lowest BCUT2D eigenvalue weighted by molar-refractivity contribution is 0.0951. The van der Waals surface area contributed by atoms with Crippen LogP contribution < -0.4 is 16.1 Å². The number of nitrogens with one attached hydrogen (secondary N) is 2. The first kappa shape index (κ1) is 22.2. The molecule has 0 aliphatic rings. The fourth-order valence-electron chi connectivity index (χ4n) is 3.65. The number of benzene rings is 2. The van der Waals surface area contributed by atoms with Crippen LogP contribution in [-0.4, -0.2) is 28.4 Å². The summed E-state index contributed by atoms with van der Waals surface area (Å²) in [6, 6.07) is 19.6. The predicted octanol–water partition coefficient (Wildman–Crippen LogP) is 3.91. The summed E-state index contributed by atoms with van der Waals surface area (Å²) >= 11 is 7.94. The van der Waals surface area contributed by atoms with Crippen molar-refractivity contribution < 1.29 is 4.79 Å². The van der Waals surface area contributed by atoms with Crippen LogP contribution in [-0.2, 0) is 13.1 Å². The van der Waals surface area contributed by atoms with Crippen LogP contribution >= 0.6 is 22.9 Å². The molecule has 3 aromatic heterocycles. The molecule has 0 aliphatic carbocycles. The maximum absolute atomic E-state index is 12.1. The Hall–Kier alpha value is -3.62. The second-order valence-corrected chi connectivity index (χ2v) is 9.12. The lowest BCUT2D eigenvalue weighted by Gasteiger charge is -2.12. The predicted molar refractivity (Wildman–Crippen MR) is 141 cm³/mol. The average molecular weight is 486 g/mol. The van der Waals surface area contributed by atoms with Gasteiger partial charge in [0.05, 0.1) is 5.69 Å². The molecule has 0 saturated carbocycles. The highest BCUT2D eigenvalue weighted by molar-refractivity contribution is 7.08. The van der Waals surface area contributed by atoms with Gasteiger partial charge in [0.2, 0.25) is 0 Å². The molecule has 34 heavy (non-hydrogen) atoms. The number of thiophene rings is 1. The van der Waals surface area contributed by atoms with Crippen molar-refractivity contribution in [3.8, 4) is 11.3 Å². The van der Waals surface area contributed by atoms with Crippen LogP contribution in [0.5, 0.6) is 0 Å². The topological polar surface area (TPSA) is 71.3 Å². The molecule has 0 radical (unpaired) electrons. The van der Waals surface area contributed by atoms with Crippen molar-refractivity contribution in [3.05, 3.63) is 99.3 Å². The maximum atomic E-state index is 12.1. The highest BCUT2D eigenvalue weighted by Gasteiger charge is 2.12. The number of anilines is 1. The van der Waals surface area contributed by atoms with Gasteiger partial charge in [0.25, 0.3) is 5.91 Å². The van der Waals surface area contributed by atoms with Gasteiger partial charge < -0.3 is 10.6 Å². The number of hydrogen-bond acceptors (Lipinski definition) is 5. The zero-order valence-corrected chi connectivity index (χ0v) is 20.0. The molecule has 6 nitrogen and oxygen atoms in total. The van der Waals surface area contributed by atoms with Crippen LogP contribution in [0.2, 0.25) is 5.02 Å². The minimum Gasteiger partial charge on any atom is -0.366 e. The first-order chi connectivity index (χ1) is 16.6. The van der Waals surface area contributed by atoms with Crippen LogP contribution in [0, 0.1) is 0 Å². The third kappa shape index (κ3) is 4.69. The van der Waals surface area contributed by atoms with E-state index in [0.29, 0.717) is 23.7 Å². The number of fused-ring (bicyclic) bond motifs is 1. The summed E-state index contributed by atoms with van der Waals surface area (Å²) in [5.74, 6) is 0.776. The van der Waals surface area contributed by atoms with Crippen molar-refractivity contribution in [1.82, 2.24) is 19.9 Å². The molecule has 0 aliphatic heterocycles. The van der Waals surface area contributed by atoms with Crippen molar-refractivity contribution in [2.75, 3.05) is 5.32 Å². The Morgan fingerprint density at radius 2 is 1.82 bits per heavy atom. The van der Waals surface area contributed by atoms with Gasteiger partial charge >= 0.3 is 0 Å². The zero-order valence-electron chi connectivity index (χ0n) is 18.5. The summed E-state index contributed by atoms with van der Waals surface area (Å²) < 4.78 is 1.81. The Bertz CT molecular complexity index is 1450. The van der Waals surface area contributed by atoms with Gasteiger partial charge in [0, 0.05) is 46.9 Å². The molecule has 9 heteroatoms. The van der Waals surface area contributed by atoms with E-state index in [-0.39, 0.29) is 5.91 Å². The van der Waals surface area contributed by atoms with Crippen LogP contribution in [0.3, 0.4) is 0 Å². The van der Waals surface area contributed by atoms with E-state index >= 15 is 0 Å². The fourth-order valence-corrected chi connectivity index (χ4v) is 4.52. The largest absolute Gasteiger partial charge is 0.366 e. The van der Waals surface area contributed by atoms with Gasteiger partial charge in [-0.1, -0.05) is 54.1 Å². The second-order valence-electron chi connectivity index (χ2n) is 7.93. The van der Waals surface area contributed by atoms with Crippen molar-refractivity contribution in [2.45, 2.75) is 13.1 Å². The van der Waals surface area contributed by atoms with E-state index in [1.807, 2.05) is 77.8 Å². The Balaban J connectivity index is 1.31. The standard InChI is InChI=1S/C25H21BClN5OS/c26-20-14-30-32-23(11-22(31-24(20)32)19-3-1-2-4-21(19)27)28-12-16-5-7-17(8-6-16)13-29-25(33)18-9-10-34-15-18/h1-11,14-15,28H,12-13,26H2,(H,29,33). The minimum absolute atomic E-state index is 0.0578. The van der Waals surface area contributed by atoms with Gasteiger partial charge in [0.1, 0.15) is 13.7 Å². The molecule has 3 heterocycles. The molecule has 1 amide bonds. The fraction of sp³-hybridized carbons (Fsp3) is 0.0800. The number of nitrogens with zero attached hydrogens (tertiary/aromatic N) is 3. The minimum atomic E-state index is -0.0578. The van der Waals surface area contributed by atoms with Gasteiger partial charge in [-0.2, -0.15) is 21.0 Å². The molecule has 2 aromatic carbocycles. The first-order valence-corrected chi connectivity index (χ1v) is 12.1. The van der Waals surface area contributed by atoms with Gasteiger partial charge in [-0.15, -0.1) is 0 Å². The molecule has 0 bridgehead atoms. The monoisotopic (exact) mass is 485 g/mol. The third-order valence-electron chi connectivity index (χ3n) is 5.53. The molecule has 0 unspecified atom stereocenters. The van der Waals surface area contributed by atoms with Crippen LogP contribution in [0.4, 0.5) is 5.82 Å². The van der Waals surface area contributed by atoms with Crippen molar-refractivity contribution in [3.63, 3.8) is 0 Å². The Morgan fingerprint density at radius 1 is 1.06 bits per heavy atom. The van der Waals surface area contributed by atoms with Crippen molar-refractivity contribution in [1.29, 1.82) is 0 Å². The third-order valence-corrected chi connectivity index (χ3v) is 6.54. The van der Waals surface area contributed by atoms with Crippen LogP contribution in [0.25, 0.3) is 16.9 Å². The van der Waals surface area contributed by atoms with E-state index in [2.05, 4.69) is 27.9 Å². The van der Waals surface area contributed by atoms with Crippen molar-refractivity contribution >= 4 is 53.6 Å². The lowest BCUT2D eigenvalue weighted by Crippen LogP contribution is -2.22. The number of rotatable bonds is 7. The van der Waals surface area contributed by atoms with E-state index in [4.69, 9.17) is 16.6 Å². The molecule has 0 spiro atoms. The highest BCUT2D eigenvalue weighted by Crippen LogP contribution is 2.28. The molecular formula is C25H21BClN5OS. The maximum Gasteiger partial charge on any atom is 0.252 e. The Labute approximate surface area is 207 Å². The van der Waals surface area contributed by atoms with Crippen LogP contribution in [0.15, 0.2) is 77.6 Å². The van der Waals surface area contributed by atoms with E-state index < -0.39 is 0 Å². The number of aromatic nitrogens is 3. The quantitative estimate of drug-likeness (QED) is 0.343. The number of halogens is 1. The van der Waals surface area contributed by atoms with Crippen LogP contribution in [0.1, 0.15) is 21.5 Å². The number of amides is 1. The number of carbonyl (C=O) groups excluding carboxylic acids is 1. The molecule has 0 atom stereocenters. The summed E-state index contributed by atoms with van der Waals surface area (Å²) in [5.41, 5.74) is 6.30. The summed E-state index contributed by atoms with van der Waals surface area (Å²) in [7, 11) is 1.99. The highest BCUT2D eigenvalue weighted by atomic mass is 35.5. The van der Waals surface area contributed by atoms with E-state index in [9.17, 15) is 4.79 Å². The molecule has 2 N–H and O–H groups in total. The van der Waals surface area contributed by atoms with E-state index in [1.54, 1.807) is 0 Å². The summed E-state index contributed by atoms with van der Waals surface area (Å²) in [6.45, 7) is 1.10. The second kappa shape index (κ2) is 9.71. The van der Waals surface area contributed by atoms with Gasteiger partial charge in [-0.3, -0.25) is 4.79 Å². The number of carbonyl (C=O) groups is 1. The van der Waals surface area contributed by atoms with Gasteiger partial charge in [-0.05, 0) is 34.1 Å².